The lowest BCUT2D eigenvalue weighted by Gasteiger charge is -2.31. The minimum absolute atomic E-state index is 0.0671. The van der Waals surface area contributed by atoms with E-state index in [-0.39, 0.29) is 19.7 Å². The summed E-state index contributed by atoms with van der Waals surface area (Å²) in [7, 11) is -4.07. The molecule has 0 aromatic carbocycles. The van der Waals surface area contributed by atoms with Gasteiger partial charge in [0.2, 0.25) is 0 Å². The van der Waals surface area contributed by atoms with Gasteiger partial charge in [-0.15, -0.1) is 0 Å². The number of esters is 1. The van der Waals surface area contributed by atoms with Gasteiger partial charge in [0, 0.05) is 13.1 Å². The molecule has 124 valence electrons. The molecule has 0 aliphatic carbocycles. The molecule has 0 spiro atoms. The molecule has 10 heteroatoms. The normalized spacial score (nSPS) is 21.2. The molecule has 1 unspecified atom stereocenters. The van der Waals surface area contributed by atoms with Crippen molar-refractivity contribution in [2.75, 3.05) is 32.8 Å². The Bertz CT molecular complexity index is 458. The van der Waals surface area contributed by atoms with E-state index in [1.54, 1.807) is 6.92 Å². The lowest BCUT2D eigenvalue weighted by Crippen LogP contribution is -2.51. The number of carbonyl (C=O) groups is 1. The van der Waals surface area contributed by atoms with E-state index in [4.69, 9.17) is 10.5 Å². The number of carbonyl (C=O) groups excluding carboxylic acids is 1. The van der Waals surface area contributed by atoms with Crippen LogP contribution in [0.4, 0.5) is 8.78 Å². The SMILES string of the molecule is CCOC(=O)C1CCCN(S(=O)(=O)NCC(F)(F)CN)C1. The van der Waals surface area contributed by atoms with E-state index < -0.39 is 41.1 Å². The summed E-state index contributed by atoms with van der Waals surface area (Å²) in [6, 6.07) is 0. The fourth-order valence-corrected chi connectivity index (χ4v) is 3.30. The maximum Gasteiger partial charge on any atom is 0.310 e. The molecule has 0 amide bonds. The van der Waals surface area contributed by atoms with Crippen LogP contribution in [0.5, 0.6) is 0 Å². The van der Waals surface area contributed by atoms with Crippen molar-refractivity contribution in [1.29, 1.82) is 0 Å². The standard InChI is InChI=1S/C11H21F2N3O4S/c1-2-20-10(17)9-4-3-5-16(6-9)21(18,19)15-8-11(12,13)7-14/h9,15H,2-8,14H2,1H3. The number of ether oxygens (including phenoxy) is 1. The number of nitrogens with zero attached hydrogens (tertiary/aromatic N) is 1. The molecular weight excluding hydrogens is 308 g/mol. The predicted molar refractivity (Wildman–Crippen MR) is 71.9 cm³/mol. The molecule has 1 rings (SSSR count). The smallest absolute Gasteiger partial charge is 0.310 e. The van der Waals surface area contributed by atoms with Crippen molar-refractivity contribution in [2.24, 2.45) is 11.7 Å². The number of hydrogen-bond donors (Lipinski definition) is 2. The first-order valence-corrected chi connectivity index (χ1v) is 8.15. The molecule has 1 aliphatic rings. The summed E-state index contributed by atoms with van der Waals surface area (Å²) in [6.07, 6.45) is 0.988. The molecule has 0 saturated carbocycles. The van der Waals surface area contributed by atoms with Crippen molar-refractivity contribution in [3.05, 3.63) is 0 Å². The van der Waals surface area contributed by atoms with Gasteiger partial charge < -0.3 is 10.5 Å². The van der Waals surface area contributed by atoms with Crippen LogP contribution in [-0.2, 0) is 19.7 Å². The van der Waals surface area contributed by atoms with Crippen LogP contribution in [0, 0.1) is 5.92 Å². The van der Waals surface area contributed by atoms with Crippen LogP contribution in [0.15, 0.2) is 0 Å². The average molecular weight is 329 g/mol. The molecule has 21 heavy (non-hydrogen) atoms. The summed E-state index contributed by atoms with van der Waals surface area (Å²) >= 11 is 0. The molecular formula is C11H21F2N3O4S. The van der Waals surface area contributed by atoms with E-state index >= 15 is 0 Å². The van der Waals surface area contributed by atoms with Crippen LogP contribution in [0.3, 0.4) is 0 Å². The fourth-order valence-electron chi connectivity index (χ4n) is 1.97. The largest absolute Gasteiger partial charge is 0.466 e. The van der Waals surface area contributed by atoms with Gasteiger partial charge in [0.1, 0.15) is 0 Å². The van der Waals surface area contributed by atoms with Crippen LogP contribution in [0.2, 0.25) is 0 Å². The highest BCUT2D eigenvalue weighted by atomic mass is 32.2. The number of nitrogens with one attached hydrogen (secondary N) is 1. The Balaban J connectivity index is 2.64. The monoisotopic (exact) mass is 329 g/mol. The number of halogens is 2. The summed E-state index contributed by atoms with van der Waals surface area (Å²) < 4.78 is 57.6. The van der Waals surface area contributed by atoms with Gasteiger partial charge in [-0.2, -0.15) is 17.4 Å². The lowest BCUT2D eigenvalue weighted by atomic mass is 10.0. The Labute approximate surface area is 123 Å². The summed E-state index contributed by atoms with van der Waals surface area (Å²) in [5.41, 5.74) is 4.85. The first-order chi connectivity index (χ1) is 9.72. The quantitative estimate of drug-likeness (QED) is 0.624. The zero-order valence-corrected chi connectivity index (χ0v) is 12.7. The van der Waals surface area contributed by atoms with Gasteiger partial charge in [0.05, 0.1) is 25.6 Å². The minimum Gasteiger partial charge on any atom is -0.466 e. The Kier molecular flexibility index (Phi) is 6.44. The van der Waals surface area contributed by atoms with E-state index in [2.05, 4.69) is 0 Å². The van der Waals surface area contributed by atoms with Gasteiger partial charge in [-0.3, -0.25) is 4.79 Å². The Morgan fingerprint density at radius 3 is 2.76 bits per heavy atom. The Morgan fingerprint density at radius 2 is 2.19 bits per heavy atom. The molecule has 0 radical (unpaired) electrons. The highest BCUT2D eigenvalue weighted by Gasteiger charge is 2.35. The van der Waals surface area contributed by atoms with Crippen molar-refractivity contribution in [3.8, 4) is 0 Å². The fraction of sp³-hybridized carbons (Fsp3) is 0.909. The van der Waals surface area contributed by atoms with Crippen molar-refractivity contribution in [3.63, 3.8) is 0 Å². The van der Waals surface area contributed by atoms with Crippen molar-refractivity contribution < 1.29 is 26.7 Å². The van der Waals surface area contributed by atoms with Gasteiger partial charge in [0.15, 0.2) is 0 Å². The summed E-state index contributed by atoms with van der Waals surface area (Å²) in [5, 5.41) is 0. The highest BCUT2D eigenvalue weighted by Crippen LogP contribution is 2.20. The zero-order chi connectivity index (χ0) is 16.1. The molecule has 7 nitrogen and oxygen atoms in total. The van der Waals surface area contributed by atoms with Crippen LogP contribution in [-0.4, -0.2) is 57.4 Å². The van der Waals surface area contributed by atoms with Crippen molar-refractivity contribution >= 4 is 16.2 Å². The first kappa shape index (κ1) is 18.2. The maximum atomic E-state index is 13.0. The molecule has 0 aromatic rings. The highest BCUT2D eigenvalue weighted by molar-refractivity contribution is 7.87. The third kappa shape index (κ3) is 5.46. The Hall–Kier alpha value is -0.840. The van der Waals surface area contributed by atoms with E-state index in [1.165, 1.54) is 0 Å². The summed E-state index contributed by atoms with van der Waals surface area (Å²) in [5.74, 6) is -4.33. The first-order valence-electron chi connectivity index (χ1n) is 6.71. The van der Waals surface area contributed by atoms with Gasteiger partial charge in [0.25, 0.3) is 16.1 Å². The molecule has 1 saturated heterocycles. The van der Waals surface area contributed by atoms with Gasteiger partial charge >= 0.3 is 5.97 Å². The molecule has 0 bridgehead atoms. The lowest BCUT2D eigenvalue weighted by molar-refractivity contribution is -0.149. The van der Waals surface area contributed by atoms with Gasteiger partial charge in [-0.25, -0.2) is 8.78 Å². The maximum absolute atomic E-state index is 13.0. The van der Waals surface area contributed by atoms with Crippen LogP contribution < -0.4 is 10.5 Å². The van der Waals surface area contributed by atoms with E-state index in [0.29, 0.717) is 12.8 Å². The van der Waals surface area contributed by atoms with Crippen molar-refractivity contribution in [1.82, 2.24) is 9.03 Å². The van der Waals surface area contributed by atoms with Crippen molar-refractivity contribution in [2.45, 2.75) is 25.7 Å². The van der Waals surface area contributed by atoms with Gasteiger partial charge in [-0.05, 0) is 19.8 Å². The zero-order valence-electron chi connectivity index (χ0n) is 11.8. The summed E-state index contributed by atoms with van der Waals surface area (Å²) in [6.45, 7) is -0.0239. The second-order valence-electron chi connectivity index (χ2n) is 4.84. The molecule has 1 aliphatic heterocycles. The molecule has 1 fully saturated rings. The van der Waals surface area contributed by atoms with E-state index in [9.17, 15) is 22.0 Å². The topological polar surface area (TPSA) is 102 Å². The number of piperidine rings is 1. The molecule has 0 aromatic heterocycles. The number of nitrogens with two attached hydrogens (primary N) is 1. The third-order valence-electron chi connectivity index (χ3n) is 3.16. The van der Waals surface area contributed by atoms with E-state index in [0.717, 1.165) is 4.31 Å². The molecule has 1 atom stereocenters. The second-order valence-corrected chi connectivity index (χ2v) is 6.59. The molecule has 1 heterocycles. The molecule has 3 N–H and O–H groups in total. The minimum atomic E-state index is -4.07. The number of rotatable bonds is 7. The predicted octanol–water partition coefficient (Wildman–Crippen LogP) is -0.310. The summed E-state index contributed by atoms with van der Waals surface area (Å²) in [4.78, 5) is 11.6. The van der Waals surface area contributed by atoms with Crippen LogP contribution in [0.1, 0.15) is 19.8 Å². The van der Waals surface area contributed by atoms with E-state index in [1.807, 2.05) is 4.72 Å². The number of hydrogen-bond acceptors (Lipinski definition) is 5. The Morgan fingerprint density at radius 1 is 1.52 bits per heavy atom. The van der Waals surface area contributed by atoms with Crippen LogP contribution >= 0.6 is 0 Å². The van der Waals surface area contributed by atoms with Crippen LogP contribution in [0.25, 0.3) is 0 Å². The second kappa shape index (κ2) is 7.43. The van der Waals surface area contributed by atoms with Gasteiger partial charge in [-0.1, -0.05) is 0 Å². The number of alkyl halides is 2. The average Bonchev–Trinajstić information content (AvgIpc) is 2.46. The third-order valence-corrected chi connectivity index (χ3v) is 4.68.